The maximum atomic E-state index is 11.6. The molecule has 0 unspecified atom stereocenters. The van der Waals surface area contributed by atoms with Gasteiger partial charge in [-0.25, -0.2) is 4.98 Å². The highest BCUT2D eigenvalue weighted by molar-refractivity contribution is 7.20. The zero-order chi connectivity index (χ0) is 10.7. The highest BCUT2D eigenvalue weighted by atomic mass is 32.1. The zero-order valence-corrected chi connectivity index (χ0v) is 8.38. The second-order valence-corrected chi connectivity index (χ2v) is 3.75. The number of hydrogen-bond donors (Lipinski definition) is 1. The van der Waals surface area contributed by atoms with Crippen molar-refractivity contribution in [1.82, 2.24) is 10.5 Å². The van der Waals surface area contributed by atoms with E-state index >= 15 is 0 Å². The second-order valence-electron chi connectivity index (χ2n) is 2.75. The lowest BCUT2D eigenvalue weighted by molar-refractivity contribution is -0.127. The minimum atomic E-state index is -0.825. The molecule has 1 N–H and O–H groups in total. The van der Waals surface area contributed by atoms with Gasteiger partial charge in [0.25, 0.3) is 11.1 Å². The number of fused-ring (bicyclic) bond motifs is 1. The maximum Gasteiger partial charge on any atom is 0.285 e. The number of carbonyl (C=O) groups excluding carboxylic acids is 1. The number of halogens is 1. The van der Waals surface area contributed by atoms with Gasteiger partial charge >= 0.3 is 0 Å². The Labute approximate surface area is 88.6 Å². The van der Waals surface area contributed by atoms with Crippen LogP contribution >= 0.6 is 11.3 Å². The molecule has 0 saturated heterocycles. The molecule has 0 bridgehead atoms. The third-order valence-corrected chi connectivity index (χ3v) is 2.66. The average Bonchev–Trinajstić information content (AvgIpc) is 2.68. The summed E-state index contributed by atoms with van der Waals surface area (Å²) < 4.78 is 17.6. The fourth-order valence-corrected chi connectivity index (χ4v) is 1.88. The van der Waals surface area contributed by atoms with E-state index in [-0.39, 0.29) is 6.61 Å². The monoisotopic (exact) mass is 226 g/mol. The standard InChI is InChI=1S/C9H7FN2O2S/c10-12-8(13)5-14-9-11-6-3-1-2-4-7(6)15-9/h1-4H,5H2,(H,12,13). The van der Waals surface area contributed by atoms with Crippen LogP contribution < -0.4 is 10.3 Å². The molecular formula is C9H7FN2O2S. The van der Waals surface area contributed by atoms with Gasteiger partial charge in [-0.3, -0.25) is 4.79 Å². The number of ether oxygens (including phenoxy) is 1. The minimum absolute atomic E-state index is 0.361. The number of rotatable bonds is 3. The van der Waals surface area contributed by atoms with E-state index < -0.39 is 5.91 Å². The van der Waals surface area contributed by atoms with Gasteiger partial charge in [0.2, 0.25) is 0 Å². The lowest BCUT2D eigenvalue weighted by atomic mass is 10.3. The van der Waals surface area contributed by atoms with Gasteiger partial charge in [-0.15, -0.1) is 4.48 Å². The Balaban J connectivity index is 2.12. The topological polar surface area (TPSA) is 51.2 Å². The first-order chi connectivity index (χ1) is 7.29. The summed E-state index contributed by atoms with van der Waals surface area (Å²) in [6, 6.07) is 7.49. The highest BCUT2D eigenvalue weighted by Gasteiger charge is 2.06. The predicted octanol–water partition coefficient (Wildman–Crippen LogP) is 1.68. The number of benzene rings is 1. The molecule has 0 aliphatic heterocycles. The van der Waals surface area contributed by atoms with Crippen LogP contribution in [0.1, 0.15) is 0 Å². The van der Waals surface area contributed by atoms with E-state index in [1.54, 1.807) is 0 Å². The molecule has 6 heteroatoms. The lowest BCUT2D eigenvalue weighted by Crippen LogP contribution is -2.21. The third kappa shape index (κ3) is 2.21. The van der Waals surface area contributed by atoms with Crippen molar-refractivity contribution in [3.8, 4) is 5.19 Å². The van der Waals surface area contributed by atoms with E-state index in [2.05, 4.69) is 4.98 Å². The van der Waals surface area contributed by atoms with Crippen molar-refractivity contribution in [2.75, 3.05) is 6.61 Å². The molecule has 0 atom stereocenters. The first kappa shape index (κ1) is 9.85. The SMILES string of the molecule is O=C(COc1nc2ccccc2s1)NF. The van der Waals surface area contributed by atoms with E-state index in [1.807, 2.05) is 24.3 Å². The Morgan fingerprint density at radius 3 is 3.07 bits per heavy atom. The maximum absolute atomic E-state index is 11.6. The number of aromatic nitrogens is 1. The Kier molecular flexibility index (Phi) is 2.77. The van der Waals surface area contributed by atoms with Gasteiger partial charge in [-0.2, -0.15) is 5.54 Å². The molecule has 0 aliphatic rings. The summed E-state index contributed by atoms with van der Waals surface area (Å²) in [6.07, 6.45) is 0. The second kappa shape index (κ2) is 4.22. The normalized spacial score (nSPS) is 10.2. The van der Waals surface area contributed by atoms with Crippen LogP contribution in [0, 0.1) is 0 Å². The van der Waals surface area contributed by atoms with Crippen LogP contribution in [0.2, 0.25) is 0 Å². The number of nitrogens with one attached hydrogen (secondary N) is 1. The van der Waals surface area contributed by atoms with E-state index in [0.717, 1.165) is 15.8 Å². The fourth-order valence-electron chi connectivity index (χ4n) is 1.07. The van der Waals surface area contributed by atoms with E-state index in [0.29, 0.717) is 5.19 Å². The first-order valence-electron chi connectivity index (χ1n) is 4.17. The van der Waals surface area contributed by atoms with Gasteiger partial charge in [0.05, 0.1) is 10.2 Å². The number of para-hydroxylation sites is 1. The van der Waals surface area contributed by atoms with Gasteiger partial charge in [-0.1, -0.05) is 23.5 Å². The molecule has 0 radical (unpaired) electrons. The summed E-state index contributed by atoms with van der Waals surface area (Å²) in [5, 5.41) is 0.361. The Morgan fingerprint density at radius 1 is 1.53 bits per heavy atom. The van der Waals surface area contributed by atoms with Crippen LogP contribution in [0.4, 0.5) is 4.48 Å². The quantitative estimate of drug-likeness (QED) is 0.810. The molecule has 4 nitrogen and oxygen atoms in total. The molecule has 1 aromatic carbocycles. The molecule has 1 aromatic heterocycles. The van der Waals surface area contributed by atoms with Crippen molar-refractivity contribution >= 4 is 27.5 Å². The van der Waals surface area contributed by atoms with E-state index in [4.69, 9.17) is 4.74 Å². The lowest BCUT2D eigenvalue weighted by Gasteiger charge is -1.97. The summed E-state index contributed by atoms with van der Waals surface area (Å²) >= 11 is 1.31. The van der Waals surface area contributed by atoms with Crippen LogP contribution in [0.3, 0.4) is 0 Å². The molecule has 0 saturated carbocycles. The molecule has 2 rings (SSSR count). The van der Waals surface area contributed by atoms with Gasteiger partial charge < -0.3 is 4.74 Å². The largest absolute Gasteiger partial charge is 0.460 e. The van der Waals surface area contributed by atoms with Crippen molar-refractivity contribution < 1.29 is 14.0 Å². The van der Waals surface area contributed by atoms with E-state index in [9.17, 15) is 9.28 Å². The molecule has 2 aromatic rings. The van der Waals surface area contributed by atoms with Crippen molar-refractivity contribution in [1.29, 1.82) is 0 Å². The molecule has 1 heterocycles. The van der Waals surface area contributed by atoms with Crippen LogP contribution in [0.15, 0.2) is 24.3 Å². The van der Waals surface area contributed by atoms with Crippen molar-refractivity contribution in [3.05, 3.63) is 24.3 Å². The summed E-state index contributed by atoms with van der Waals surface area (Å²) in [7, 11) is 0. The molecule has 1 amide bonds. The van der Waals surface area contributed by atoms with Crippen LogP contribution in [-0.2, 0) is 4.79 Å². The number of carbonyl (C=O) groups is 1. The molecular weight excluding hydrogens is 219 g/mol. The molecule has 0 fully saturated rings. The number of nitrogens with zero attached hydrogens (tertiary/aromatic N) is 1. The summed E-state index contributed by atoms with van der Waals surface area (Å²) in [4.78, 5) is 14.7. The molecule has 15 heavy (non-hydrogen) atoms. The average molecular weight is 226 g/mol. The van der Waals surface area contributed by atoms with Gasteiger partial charge in [0, 0.05) is 0 Å². The number of hydrogen-bond acceptors (Lipinski definition) is 4. The zero-order valence-electron chi connectivity index (χ0n) is 7.57. The van der Waals surface area contributed by atoms with Gasteiger partial charge in [-0.05, 0) is 12.1 Å². The molecule has 0 aliphatic carbocycles. The van der Waals surface area contributed by atoms with Crippen molar-refractivity contribution in [3.63, 3.8) is 0 Å². The van der Waals surface area contributed by atoms with E-state index in [1.165, 1.54) is 11.3 Å². The van der Waals surface area contributed by atoms with Crippen molar-refractivity contribution in [2.45, 2.75) is 0 Å². The molecule has 78 valence electrons. The van der Waals surface area contributed by atoms with Gasteiger partial charge in [0.1, 0.15) is 0 Å². The van der Waals surface area contributed by atoms with Crippen molar-refractivity contribution in [2.24, 2.45) is 0 Å². The Bertz CT molecular complexity index is 453. The smallest absolute Gasteiger partial charge is 0.285 e. The van der Waals surface area contributed by atoms with Crippen LogP contribution in [0.5, 0.6) is 5.19 Å². The summed E-state index contributed by atoms with van der Waals surface area (Å²) in [6.45, 7) is -0.365. The predicted molar refractivity (Wildman–Crippen MR) is 54.4 cm³/mol. The summed E-state index contributed by atoms with van der Waals surface area (Å²) in [5.74, 6) is -0.825. The third-order valence-electron chi connectivity index (χ3n) is 1.71. The summed E-state index contributed by atoms with van der Waals surface area (Å²) in [5.41, 5.74) is 1.79. The van der Waals surface area contributed by atoms with Crippen LogP contribution in [0.25, 0.3) is 10.2 Å². The molecule has 0 spiro atoms. The number of amides is 1. The van der Waals surface area contributed by atoms with Crippen LogP contribution in [-0.4, -0.2) is 17.5 Å². The minimum Gasteiger partial charge on any atom is -0.460 e. The Hall–Kier alpha value is -1.69. The first-order valence-corrected chi connectivity index (χ1v) is 4.99. The fraction of sp³-hybridized carbons (Fsp3) is 0.111. The number of thiazole rings is 1. The van der Waals surface area contributed by atoms with Gasteiger partial charge in [0.15, 0.2) is 6.61 Å². The highest BCUT2D eigenvalue weighted by Crippen LogP contribution is 2.26. The Morgan fingerprint density at radius 2 is 2.33 bits per heavy atom.